The highest BCUT2D eigenvalue weighted by atomic mass is 16.1. The second-order valence-corrected chi connectivity index (χ2v) is 4.51. The zero-order chi connectivity index (χ0) is 11.8. The fraction of sp³-hybridized carbons (Fsp3) is 0.500. The molecule has 1 heterocycles. The smallest absolute Gasteiger partial charge is 0.347 e. The predicted molar refractivity (Wildman–Crippen MR) is 56.7 cm³/mol. The van der Waals surface area contributed by atoms with Crippen LogP contribution in [-0.4, -0.2) is 15.5 Å². The maximum atomic E-state index is 11.4. The van der Waals surface area contributed by atoms with Crippen molar-refractivity contribution in [3.05, 3.63) is 27.9 Å². The second-order valence-electron chi connectivity index (χ2n) is 4.51. The molecule has 1 aromatic rings. The van der Waals surface area contributed by atoms with Crippen molar-refractivity contribution in [2.75, 3.05) is 0 Å². The van der Waals surface area contributed by atoms with Crippen LogP contribution in [0, 0.1) is 0 Å². The highest BCUT2D eigenvalue weighted by molar-refractivity contribution is 5.93. The van der Waals surface area contributed by atoms with Gasteiger partial charge in [-0.3, -0.25) is 4.79 Å². The van der Waals surface area contributed by atoms with Crippen molar-refractivity contribution < 1.29 is 4.79 Å². The quantitative estimate of drug-likeness (QED) is 0.716. The van der Waals surface area contributed by atoms with E-state index in [-0.39, 0.29) is 11.1 Å². The first-order valence-electron chi connectivity index (χ1n) is 4.61. The number of aryl methyl sites for hydroxylation is 1. The number of amides is 1. The third-order valence-electron chi connectivity index (χ3n) is 2.06. The summed E-state index contributed by atoms with van der Waals surface area (Å²) in [6.07, 6.45) is 1.43. The first-order chi connectivity index (χ1) is 6.73. The lowest BCUT2D eigenvalue weighted by molar-refractivity contribution is 0.0996. The van der Waals surface area contributed by atoms with Gasteiger partial charge in [0.1, 0.15) is 0 Å². The molecule has 0 saturated carbocycles. The van der Waals surface area contributed by atoms with E-state index in [9.17, 15) is 9.59 Å². The highest BCUT2D eigenvalue weighted by Gasteiger charge is 2.23. The van der Waals surface area contributed by atoms with Crippen LogP contribution < -0.4 is 11.4 Å². The molecule has 1 rings (SSSR count). The predicted octanol–water partition coefficient (Wildman–Crippen LogP) is 0.177. The molecule has 15 heavy (non-hydrogen) atoms. The zero-order valence-electron chi connectivity index (χ0n) is 9.37. The van der Waals surface area contributed by atoms with Gasteiger partial charge in [0.25, 0.3) is 5.91 Å². The van der Waals surface area contributed by atoms with Gasteiger partial charge in [-0.1, -0.05) is 20.8 Å². The van der Waals surface area contributed by atoms with Gasteiger partial charge in [0, 0.05) is 18.7 Å². The molecule has 0 spiro atoms. The highest BCUT2D eigenvalue weighted by Crippen LogP contribution is 2.21. The fourth-order valence-electron chi connectivity index (χ4n) is 1.30. The monoisotopic (exact) mass is 209 g/mol. The summed E-state index contributed by atoms with van der Waals surface area (Å²) in [4.78, 5) is 26.4. The minimum Gasteiger partial charge on any atom is -0.365 e. The Labute approximate surface area is 87.9 Å². The van der Waals surface area contributed by atoms with Crippen LogP contribution in [0.3, 0.4) is 0 Å². The minimum atomic E-state index is -0.567. The van der Waals surface area contributed by atoms with Crippen molar-refractivity contribution in [3.8, 4) is 0 Å². The van der Waals surface area contributed by atoms with E-state index in [0.29, 0.717) is 11.3 Å². The topological polar surface area (TPSA) is 78.0 Å². The Hall–Kier alpha value is -1.65. The number of aromatic nitrogens is 2. The van der Waals surface area contributed by atoms with Gasteiger partial charge in [-0.15, -0.1) is 0 Å². The third-order valence-corrected chi connectivity index (χ3v) is 2.06. The SMILES string of the molecule is Cn1cc(C(N)=O)c(C(C)(C)C)nc1=O. The molecule has 1 aromatic heterocycles. The van der Waals surface area contributed by atoms with E-state index in [4.69, 9.17) is 5.73 Å². The Morgan fingerprint density at radius 2 is 2.00 bits per heavy atom. The Balaban J connectivity index is 3.56. The van der Waals surface area contributed by atoms with Gasteiger partial charge in [-0.25, -0.2) is 4.79 Å². The van der Waals surface area contributed by atoms with Gasteiger partial charge in [0.15, 0.2) is 0 Å². The van der Waals surface area contributed by atoms with Crippen LogP contribution in [0.25, 0.3) is 0 Å². The standard InChI is InChI=1S/C10H15N3O2/c1-10(2,3)7-6(8(11)14)5-13(4)9(15)12-7/h5H,1-4H3,(H2,11,14). The molecule has 0 saturated heterocycles. The summed E-state index contributed by atoms with van der Waals surface area (Å²) in [5, 5.41) is 0. The van der Waals surface area contributed by atoms with E-state index in [2.05, 4.69) is 4.98 Å². The number of carbonyl (C=O) groups excluding carboxylic acids is 1. The molecule has 0 fully saturated rings. The van der Waals surface area contributed by atoms with Crippen LogP contribution in [0.2, 0.25) is 0 Å². The largest absolute Gasteiger partial charge is 0.365 e. The molecule has 1 amide bonds. The van der Waals surface area contributed by atoms with Crippen LogP contribution in [-0.2, 0) is 12.5 Å². The van der Waals surface area contributed by atoms with Crippen LogP contribution in [0.15, 0.2) is 11.0 Å². The van der Waals surface area contributed by atoms with E-state index in [0.717, 1.165) is 0 Å². The van der Waals surface area contributed by atoms with Gasteiger partial charge in [-0.05, 0) is 0 Å². The molecule has 82 valence electrons. The van der Waals surface area contributed by atoms with Gasteiger partial charge >= 0.3 is 5.69 Å². The number of nitrogens with two attached hydrogens (primary N) is 1. The molecular weight excluding hydrogens is 194 g/mol. The molecule has 0 radical (unpaired) electrons. The lowest BCUT2D eigenvalue weighted by Crippen LogP contribution is -2.31. The summed E-state index contributed by atoms with van der Waals surface area (Å²) in [7, 11) is 1.54. The number of hydrogen-bond donors (Lipinski definition) is 1. The van der Waals surface area contributed by atoms with Crippen LogP contribution in [0.5, 0.6) is 0 Å². The molecule has 0 aromatic carbocycles. The minimum absolute atomic E-state index is 0.296. The maximum Gasteiger partial charge on any atom is 0.347 e. The summed E-state index contributed by atoms with van der Waals surface area (Å²) in [5.74, 6) is -0.567. The average Bonchev–Trinajstić information content (AvgIpc) is 2.06. The van der Waals surface area contributed by atoms with Gasteiger partial charge in [0.05, 0.1) is 11.3 Å². The molecule has 0 aliphatic heterocycles. The normalized spacial score (nSPS) is 11.5. The second kappa shape index (κ2) is 3.49. The Kier molecular flexibility index (Phi) is 2.66. The summed E-state index contributed by atoms with van der Waals surface area (Å²) < 4.78 is 1.25. The Morgan fingerprint density at radius 3 is 2.40 bits per heavy atom. The average molecular weight is 209 g/mol. The van der Waals surface area contributed by atoms with E-state index in [1.165, 1.54) is 17.8 Å². The molecule has 2 N–H and O–H groups in total. The molecule has 0 aliphatic rings. The zero-order valence-corrected chi connectivity index (χ0v) is 9.37. The van der Waals surface area contributed by atoms with Crippen LogP contribution in [0.4, 0.5) is 0 Å². The van der Waals surface area contributed by atoms with Crippen molar-refractivity contribution in [1.82, 2.24) is 9.55 Å². The van der Waals surface area contributed by atoms with E-state index < -0.39 is 5.91 Å². The van der Waals surface area contributed by atoms with E-state index in [1.54, 1.807) is 0 Å². The molecule has 5 heteroatoms. The Morgan fingerprint density at radius 1 is 1.47 bits per heavy atom. The van der Waals surface area contributed by atoms with Crippen molar-refractivity contribution in [3.63, 3.8) is 0 Å². The number of nitrogens with zero attached hydrogens (tertiary/aromatic N) is 2. The van der Waals surface area contributed by atoms with Crippen molar-refractivity contribution in [2.45, 2.75) is 26.2 Å². The summed E-state index contributed by atoms with van der Waals surface area (Å²) in [6, 6.07) is 0. The Bertz CT molecular complexity index is 455. The summed E-state index contributed by atoms with van der Waals surface area (Å²) in [6.45, 7) is 5.63. The lowest BCUT2D eigenvalue weighted by atomic mass is 9.89. The molecule has 0 unspecified atom stereocenters. The molecule has 0 aliphatic carbocycles. The molecule has 5 nitrogen and oxygen atoms in total. The number of carbonyl (C=O) groups is 1. The first-order valence-corrected chi connectivity index (χ1v) is 4.61. The van der Waals surface area contributed by atoms with Crippen molar-refractivity contribution >= 4 is 5.91 Å². The third kappa shape index (κ3) is 2.23. The maximum absolute atomic E-state index is 11.4. The van der Waals surface area contributed by atoms with Crippen molar-refractivity contribution in [1.29, 1.82) is 0 Å². The van der Waals surface area contributed by atoms with Crippen molar-refractivity contribution in [2.24, 2.45) is 12.8 Å². The van der Waals surface area contributed by atoms with Crippen LogP contribution in [0.1, 0.15) is 36.8 Å². The molecule has 0 bridgehead atoms. The molecular formula is C10H15N3O2. The van der Waals surface area contributed by atoms with E-state index >= 15 is 0 Å². The van der Waals surface area contributed by atoms with Gasteiger partial charge in [-0.2, -0.15) is 4.98 Å². The number of hydrogen-bond acceptors (Lipinski definition) is 3. The fourth-order valence-corrected chi connectivity index (χ4v) is 1.30. The van der Waals surface area contributed by atoms with E-state index in [1.807, 2.05) is 20.8 Å². The van der Waals surface area contributed by atoms with Gasteiger partial charge < -0.3 is 10.3 Å². The summed E-state index contributed by atoms with van der Waals surface area (Å²) >= 11 is 0. The van der Waals surface area contributed by atoms with Crippen LogP contribution >= 0.6 is 0 Å². The lowest BCUT2D eigenvalue weighted by Gasteiger charge is -2.20. The number of rotatable bonds is 1. The van der Waals surface area contributed by atoms with Gasteiger partial charge in [0.2, 0.25) is 0 Å². The first kappa shape index (κ1) is 11.4. The summed E-state index contributed by atoms with van der Waals surface area (Å²) in [5.41, 5.74) is 5.21. The molecule has 0 atom stereocenters. The number of primary amides is 1.